The molecule has 0 saturated carbocycles. The van der Waals surface area contributed by atoms with Crippen LogP contribution < -0.4 is 4.90 Å². The van der Waals surface area contributed by atoms with Crippen LogP contribution in [0.2, 0.25) is 0 Å². The number of aromatic nitrogens is 1. The van der Waals surface area contributed by atoms with Crippen molar-refractivity contribution in [3.8, 4) is 0 Å². The van der Waals surface area contributed by atoms with Crippen molar-refractivity contribution in [1.29, 1.82) is 0 Å². The molecule has 1 amide bonds. The summed E-state index contributed by atoms with van der Waals surface area (Å²) in [5.41, 5.74) is 1.91. The number of halogens is 1. The zero-order valence-electron chi connectivity index (χ0n) is 15.3. The molecule has 1 aromatic heterocycles. The lowest BCUT2D eigenvalue weighted by molar-refractivity contribution is -0.116. The highest BCUT2D eigenvalue weighted by Crippen LogP contribution is 2.30. The monoisotopic (exact) mass is 416 g/mol. The lowest BCUT2D eigenvalue weighted by Gasteiger charge is -2.23. The third-order valence-electron chi connectivity index (χ3n) is 4.63. The van der Waals surface area contributed by atoms with Crippen molar-refractivity contribution in [2.75, 3.05) is 23.8 Å². The zero-order valence-corrected chi connectivity index (χ0v) is 17.0. The van der Waals surface area contributed by atoms with E-state index in [1.807, 2.05) is 24.3 Å². The maximum absolute atomic E-state index is 13.0. The van der Waals surface area contributed by atoms with E-state index in [1.165, 1.54) is 35.2 Å². The van der Waals surface area contributed by atoms with Crippen LogP contribution in [0.1, 0.15) is 18.4 Å². The molecule has 1 saturated heterocycles. The summed E-state index contributed by atoms with van der Waals surface area (Å²) in [5.74, 6) is 0.796. The van der Waals surface area contributed by atoms with Gasteiger partial charge in [0.05, 0.1) is 28.6 Å². The van der Waals surface area contributed by atoms with Gasteiger partial charge in [-0.1, -0.05) is 35.6 Å². The van der Waals surface area contributed by atoms with Gasteiger partial charge in [-0.05, 0) is 42.7 Å². The third kappa shape index (κ3) is 4.71. The average Bonchev–Trinajstić information content (AvgIpc) is 3.36. The summed E-state index contributed by atoms with van der Waals surface area (Å²) >= 11 is 3.07. The number of thiazole rings is 1. The fraction of sp³-hybridized carbons (Fsp3) is 0.333. The fourth-order valence-corrected chi connectivity index (χ4v) is 5.02. The fourth-order valence-electron chi connectivity index (χ4n) is 3.17. The minimum atomic E-state index is -0.247. The Kier molecular flexibility index (Phi) is 6.24. The van der Waals surface area contributed by atoms with E-state index in [1.54, 1.807) is 17.0 Å². The molecule has 1 atom stereocenters. The maximum atomic E-state index is 13.0. The van der Waals surface area contributed by atoms with Gasteiger partial charge in [-0.15, -0.1) is 11.8 Å². The van der Waals surface area contributed by atoms with Crippen LogP contribution in [0.15, 0.2) is 48.5 Å². The maximum Gasteiger partial charge on any atom is 0.238 e. The van der Waals surface area contributed by atoms with Gasteiger partial charge >= 0.3 is 0 Å². The van der Waals surface area contributed by atoms with Gasteiger partial charge in [0.15, 0.2) is 5.13 Å². The van der Waals surface area contributed by atoms with Crippen LogP contribution >= 0.6 is 23.1 Å². The molecular weight excluding hydrogens is 395 g/mol. The molecule has 2 aromatic carbocycles. The molecule has 146 valence electrons. The highest BCUT2D eigenvalue weighted by Gasteiger charge is 2.26. The second-order valence-electron chi connectivity index (χ2n) is 6.72. The number of para-hydroxylation sites is 1. The molecule has 1 aliphatic heterocycles. The van der Waals surface area contributed by atoms with E-state index in [9.17, 15) is 9.18 Å². The van der Waals surface area contributed by atoms with E-state index < -0.39 is 0 Å². The van der Waals surface area contributed by atoms with Crippen molar-refractivity contribution in [1.82, 2.24) is 4.98 Å². The first kappa shape index (κ1) is 19.4. The van der Waals surface area contributed by atoms with Crippen molar-refractivity contribution < 1.29 is 13.9 Å². The number of carbonyl (C=O) groups is 1. The molecule has 1 unspecified atom stereocenters. The van der Waals surface area contributed by atoms with Crippen molar-refractivity contribution in [2.24, 2.45) is 0 Å². The van der Waals surface area contributed by atoms with Crippen molar-refractivity contribution >= 4 is 44.4 Å². The largest absolute Gasteiger partial charge is 0.376 e. The zero-order chi connectivity index (χ0) is 19.3. The number of ether oxygens (including phenoxy) is 1. The minimum absolute atomic E-state index is 0.0293. The highest BCUT2D eigenvalue weighted by molar-refractivity contribution is 7.99. The van der Waals surface area contributed by atoms with E-state index in [0.29, 0.717) is 18.1 Å². The van der Waals surface area contributed by atoms with Gasteiger partial charge in [0.25, 0.3) is 0 Å². The number of thioether (sulfide) groups is 1. The Labute approximate surface area is 171 Å². The summed E-state index contributed by atoms with van der Waals surface area (Å²) in [6.45, 7) is 1.29. The Morgan fingerprint density at radius 2 is 2.07 bits per heavy atom. The summed E-state index contributed by atoms with van der Waals surface area (Å²) in [6.07, 6.45) is 2.07. The SMILES string of the molecule is O=C(CSCc1ccc(F)cc1)N(CC1CCCO1)c1nc2ccccc2s1. The van der Waals surface area contributed by atoms with Crippen LogP contribution in [0, 0.1) is 5.82 Å². The molecule has 0 radical (unpaired) electrons. The summed E-state index contributed by atoms with van der Waals surface area (Å²) in [5, 5.41) is 0.726. The predicted molar refractivity (Wildman–Crippen MR) is 114 cm³/mol. The lowest BCUT2D eigenvalue weighted by atomic mass is 10.2. The quantitative estimate of drug-likeness (QED) is 0.550. The smallest absolute Gasteiger partial charge is 0.238 e. The van der Waals surface area contributed by atoms with Crippen LogP contribution in [0.25, 0.3) is 10.2 Å². The average molecular weight is 417 g/mol. The Morgan fingerprint density at radius 3 is 2.82 bits per heavy atom. The number of carbonyl (C=O) groups excluding carboxylic acids is 1. The van der Waals surface area contributed by atoms with E-state index >= 15 is 0 Å². The number of anilines is 1. The number of nitrogens with zero attached hydrogens (tertiary/aromatic N) is 2. The van der Waals surface area contributed by atoms with E-state index in [4.69, 9.17) is 4.74 Å². The Hall–Kier alpha value is -1.96. The second-order valence-corrected chi connectivity index (χ2v) is 8.72. The van der Waals surface area contributed by atoms with Crippen molar-refractivity contribution in [3.05, 3.63) is 59.9 Å². The first-order valence-electron chi connectivity index (χ1n) is 9.29. The van der Waals surface area contributed by atoms with Gasteiger partial charge in [-0.25, -0.2) is 9.37 Å². The second kappa shape index (κ2) is 9.03. The molecule has 1 aliphatic rings. The lowest BCUT2D eigenvalue weighted by Crippen LogP contribution is -2.38. The Morgan fingerprint density at radius 1 is 1.25 bits per heavy atom. The van der Waals surface area contributed by atoms with E-state index in [0.717, 1.165) is 40.4 Å². The van der Waals surface area contributed by atoms with Gasteiger partial charge < -0.3 is 4.74 Å². The van der Waals surface area contributed by atoms with Crippen molar-refractivity contribution in [2.45, 2.75) is 24.7 Å². The van der Waals surface area contributed by atoms with Gasteiger partial charge in [-0.3, -0.25) is 9.69 Å². The summed E-state index contributed by atoms with van der Waals surface area (Å²) in [7, 11) is 0. The first-order chi connectivity index (χ1) is 13.7. The molecular formula is C21H21FN2O2S2. The minimum Gasteiger partial charge on any atom is -0.376 e. The van der Waals surface area contributed by atoms with Gasteiger partial charge in [0.2, 0.25) is 5.91 Å². The van der Waals surface area contributed by atoms with Crippen LogP contribution in [-0.2, 0) is 15.3 Å². The van der Waals surface area contributed by atoms with Gasteiger partial charge in [-0.2, -0.15) is 0 Å². The summed E-state index contributed by atoms with van der Waals surface area (Å²) < 4.78 is 19.9. The highest BCUT2D eigenvalue weighted by atomic mass is 32.2. The molecule has 4 nitrogen and oxygen atoms in total. The van der Waals surface area contributed by atoms with Gasteiger partial charge in [0, 0.05) is 12.4 Å². The molecule has 4 rings (SSSR count). The first-order valence-corrected chi connectivity index (χ1v) is 11.3. The summed E-state index contributed by atoms with van der Waals surface area (Å²) in [6, 6.07) is 14.3. The molecule has 3 aromatic rings. The van der Waals surface area contributed by atoms with Crippen molar-refractivity contribution in [3.63, 3.8) is 0 Å². The number of amides is 1. The van der Waals surface area contributed by atoms with E-state index in [2.05, 4.69) is 4.98 Å². The predicted octanol–water partition coefficient (Wildman–Crippen LogP) is 4.88. The Balaban J connectivity index is 1.45. The van der Waals surface area contributed by atoms with Crippen LogP contribution in [-0.4, -0.2) is 35.9 Å². The number of fused-ring (bicyclic) bond motifs is 1. The standard InChI is InChI=1S/C21H21FN2O2S2/c22-16-9-7-15(8-10-16)13-27-14-20(25)24(12-17-4-3-11-26-17)21-23-18-5-1-2-6-19(18)28-21/h1-2,5-10,17H,3-4,11-14H2. The molecule has 0 N–H and O–H groups in total. The molecule has 2 heterocycles. The molecule has 0 spiro atoms. The molecule has 28 heavy (non-hydrogen) atoms. The van der Waals surface area contributed by atoms with Crippen LogP contribution in [0.5, 0.6) is 0 Å². The van der Waals surface area contributed by atoms with E-state index in [-0.39, 0.29) is 17.8 Å². The third-order valence-corrected chi connectivity index (χ3v) is 6.68. The molecule has 0 aliphatic carbocycles. The number of benzene rings is 2. The van der Waals surface area contributed by atoms with Gasteiger partial charge in [0.1, 0.15) is 5.82 Å². The normalized spacial score (nSPS) is 16.5. The summed E-state index contributed by atoms with van der Waals surface area (Å²) in [4.78, 5) is 19.5. The molecule has 7 heteroatoms. The number of hydrogen-bond donors (Lipinski definition) is 0. The van der Waals surface area contributed by atoms with Crippen LogP contribution in [0.3, 0.4) is 0 Å². The molecule has 1 fully saturated rings. The van der Waals surface area contributed by atoms with Crippen LogP contribution in [0.4, 0.5) is 9.52 Å². The molecule has 0 bridgehead atoms. The topological polar surface area (TPSA) is 42.4 Å². The number of rotatable bonds is 7. The number of hydrogen-bond acceptors (Lipinski definition) is 5. The Bertz CT molecular complexity index is 906.